The first-order chi connectivity index (χ1) is 16.6. The van der Waals surface area contributed by atoms with Gasteiger partial charge in [-0.3, -0.25) is 9.59 Å². The number of hydrogen-bond donors (Lipinski definition) is 1. The molecule has 1 amide bonds. The molecule has 0 aliphatic carbocycles. The topological polar surface area (TPSA) is 64.6 Å². The summed E-state index contributed by atoms with van der Waals surface area (Å²) in [6.45, 7) is 4.43. The van der Waals surface area contributed by atoms with Crippen molar-refractivity contribution in [1.82, 2.24) is 5.32 Å². The smallest absolute Gasteiger partial charge is 0.311 e. The van der Waals surface area contributed by atoms with Crippen LogP contribution in [0.5, 0.6) is 11.5 Å². The van der Waals surface area contributed by atoms with Crippen molar-refractivity contribution in [3.8, 4) is 11.5 Å². The largest absolute Gasteiger partial charge is 0.493 e. The van der Waals surface area contributed by atoms with Crippen molar-refractivity contribution in [2.45, 2.75) is 117 Å². The molecule has 0 fully saturated rings. The van der Waals surface area contributed by atoms with E-state index in [-0.39, 0.29) is 11.9 Å². The van der Waals surface area contributed by atoms with Crippen LogP contribution in [0, 0.1) is 0 Å². The highest BCUT2D eigenvalue weighted by molar-refractivity contribution is 5.76. The van der Waals surface area contributed by atoms with Crippen LogP contribution in [-0.4, -0.2) is 19.0 Å². The van der Waals surface area contributed by atoms with Gasteiger partial charge < -0.3 is 14.8 Å². The van der Waals surface area contributed by atoms with Gasteiger partial charge in [0.15, 0.2) is 11.5 Å². The lowest BCUT2D eigenvalue weighted by Gasteiger charge is -2.11. The van der Waals surface area contributed by atoms with Crippen LogP contribution >= 0.6 is 0 Å². The SMILES string of the molecule is CCCCCCC=CCCCCCCCCCC(=O)NCc1ccc(OC(=O)CC)c(OC)c1. The van der Waals surface area contributed by atoms with E-state index >= 15 is 0 Å². The zero-order valence-electron chi connectivity index (χ0n) is 21.8. The van der Waals surface area contributed by atoms with E-state index in [0.717, 1.165) is 18.4 Å². The number of carbonyl (C=O) groups excluding carboxylic acids is 2. The molecule has 5 heteroatoms. The molecule has 0 aromatic heterocycles. The van der Waals surface area contributed by atoms with Gasteiger partial charge in [0, 0.05) is 19.4 Å². The fraction of sp³-hybridized carbons (Fsp3) is 0.655. The number of unbranched alkanes of at least 4 members (excludes halogenated alkanes) is 11. The second-order valence-corrected chi connectivity index (χ2v) is 8.92. The summed E-state index contributed by atoms with van der Waals surface area (Å²) in [6, 6.07) is 5.34. The molecule has 1 aromatic carbocycles. The number of amides is 1. The average Bonchev–Trinajstić information content (AvgIpc) is 2.85. The van der Waals surface area contributed by atoms with E-state index < -0.39 is 0 Å². The molecule has 0 aliphatic rings. The summed E-state index contributed by atoms with van der Waals surface area (Å²) in [5.74, 6) is 0.660. The third-order valence-corrected chi connectivity index (χ3v) is 5.90. The molecule has 0 atom stereocenters. The Morgan fingerprint density at radius 3 is 2.06 bits per heavy atom. The normalized spacial score (nSPS) is 11.0. The zero-order valence-corrected chi connectivity index (χ0v) is 21.8. The van der Waals surface area contributed by atoms with Gasteiger partial charge in [0.25, 0.3) is 0 Å². The number of hydrogen-bond acceptors (Lipinski definition) is 4. The third kappa shape index (κ3) is 14.8. The number of carbonyl (C=O) groups is 2. The Kier molecular flexibility index (Phi) is 17.6. The second-order valence-electron chi connectivity index (χ2n) is 8.92. The molecule has 1 rings (SSSR count). The molecule has 0 spiro atoms. The van der Waals surface area contributed by atoms with E-state index in [1.54, 1.807) is 19.1 Å². The Labute approximate surface area is 207 Å². The predicted molar refractivity (Wildman–Crippen MR) is 140 cm³/mol. The molecule has 0 radical (unpaired) electrons. The third-order valence-electron chi connectivity index (χ3n) is 5.90. The van der Waals surface area contributed by atoms with Gasteiger partial charge in [-0.25, -0.2) is 0 Å². The molecule has 192 valence electrons. The Hall–Kier alpha value is -2.30. The fourth-order valence-electron chi connectivity index (χ4n) is 3.75. The quantitative estimate of drug-likeness (QED) is 0.0913. The molecule has 1 N–H and O–H groups in total. The van der Waals surface area contributed by atoms with Crippen LogP contribution < -0.4 is 14.8 Å². The Morgan fingerprint density at radius 1 is 0.824 bits per heavy atom. The minimum Gasteiger partial charge on any atom is -0.493 e. The van der Waals surface area contributed by atoms with E-state index in [2.05, 4.69) is 24.4 Å². The first-order valence-corrected chi connectivity index (χ1v) is 13.4. The monoisotopic (exact) mass is 473 g/mol. The molecular weight excluding hydrogens is 426 g/mol. The Morgan fingerprint density at radius 2 is 1.44 bits per heavy atom. The van der Waals surface area contributed by atoms with Gasteiger partial charge in [0.05, 0.1) is 7.11 Å². The maximum Gasteiger partial charge on any atom is 0.311 e. The number of methoxy groups -OCH3 is 1. The van der Waals surface area contributed by atoms with Gasteiger partial charge in [0.1, 0.15) is 0 Å². The van der Waals surface area contributed by atoms with Crippen LogP contribution in [0.15, 0.2) is 30.4 Å². The number of allylic oxidation sites excluding steroid dienone is 2. The second kappa shape index (κ2) is 20.1. The number of benzene rings is 1. The van der Waals surface area contributed by atoms with E-state index in [1.165, 1.54) is 77.7 Å². The fourth-order valence-corrected chi connectivity index (χ4v) is 3.75. The number of esters is 1. The summed E-state index contributed by atoms with van der Waals surface area (Å²) in [5.41, 5.74) is 0.910. The average molecular weight is 474 g/mol. The van der Waals surface area contributed by atoms with Crippen LogP contribution in [0.1, 0.15) is 116 Å². The van der Waals surface area contributed by atoms with E-state index in [0.29, 0.717) is 30.9 Å². The zero-order chi connectivity index (χ0) is 24.9. The number of nitrogens with one attached hydrogen (secondary N) is 1. The summed E-state index contributed by atoms with van der Waals surface area (Å²) in [7, 11) is 1.54. The molecule has 0 aliphatic heterocycles. The van der Waals surface area contributed by atoms with Gasteiger partial charge in [-0.15, -0.1) is 0 Å². The highest BCUT2D eigenvalue weighted by atomic mass is 16.6. The summed E-state index contributed by atoms with van der Waals surface area (Å²) in [6.07, 6.45) is 21.8. The first kappa shape index (κ1) is 29.7. The van der Waals surface area contributed by atoms with E-state index in [4.69, 9.17) is 9.47 Å². The predicted octanol–water partition coefficient (Wildman–Crippen LogP) is 7.66. The van der Waals surface area contributed by atoms with Crippen molar-refractivity contribution in [2.24, 2.45) is 0 Å². The van der Waals surface area contributed by atoms with Gasteiger partial charge in [0.2, 0.25) is 5.91 Å². The van der Waals surface area contributed by atoms with Crippen molar-refractivity contribution in [2.75, 3.05) is 7.11 Å². The summed E-state index contributed by atoms with van der Waals surface area (Å²) >= 11 is 0. The van der Waals surface area contributed by atoms with Crippen LogP contribution in [0.2, 0.25) is 0 Å². The molecule has 0 saturated carbocycles. The lowest BCUT2D eigenvalue weighted by Crippen LogP contribution is -2.22. The molecule has 0 heterocycles. The van der Waals surface area contributed by atoms with Crippen molar-refractivity contribution in [1.29, 1.82) is 0 Å². The summed E-state index contributed by atoms with van der Waals surface area (Å²) < 4.78 is 10.6. The molecular formula is C29H47NO4. The molecule has 5 nitrogen and oxygen atoms in total. The van der Waals surface area contributed by atoms with Gasteiger partial charge in [-0.05, 0) is 49.8 Å². The minimum atomic E-state index is -0.306. The molecule has 0 bridgehead atoms. The van der Waals surface area contributed by atoms with E-state index in [1.807, 2.05) is 6.07 Å². The van der Waals surface area contributed by atoms with Gasteiger partial charge >= 0.3 is 5.97 Å². The minimum absolute atomic E-state index is 0.0712. The van der Waals surface area contributed by atoms with Crippen molar-refractivity contribution < 1.29 is 19.1 Å². The molecule has 0 saturated heterocycles. The van der Waals surface area contributed by atoms with Gasteiger partial charge in [-0.2, -0.15) is 0 Å². The number of ether oxygens (including phenoxy) is 2. The molecule has 1 aromatic rings. The summed E-state index contributed by atoms with van der Waals surface area (Å²) in [4.78, 5) is 23.6. The maximum atomic E-state index is 12.1. The first-order valence-electron chi connectivity index (χ1n) is 13.4. The van der Waals surface area contributed by atoms with Crippen molar-refractivity contribution >= 4 is 11.9 Å². The van der Waals surface area contributed by atoms with Crippen LogP contribution in [0.3, 0.4) is 0 Å². The lowest BCUT2D eigenvalue weighted by atomic mass is 10.1. The number of rotatable bonds is 20. The molecule has 0 unspecified atom stereocenters. The van der Waals surface area contributed by atoms with Crippen molar-refractivity contribution in [3.63, 3.8) is 0 Å². The highest BCUT2D eigenvalue weighted by Gasteiger charge is 2.10. The van der Waals surface area contributed by atoms with Crippen LogP contribution in [0.25, 0.3) is 0 Å². The Bertz CT molecular complexity index is 714. The van der Waals surface area contributed by atoms with Crippen LogP contribution in [-0.2, 0) is 16.1 Å². The Balaban J connectivity index is 2.05. The highest BCUT2D eigenvalue weighted by Crippen LogP contribution is 2.28. The summed E-state index contributed by atoms with van der Waals surface area (Å²) in [5, 5.41) is 2.96. The lowest BCUT2D eigenvalue weighted by molar-refractivity contribution is -0.134. The van der Waals surface area contributed by atoms with Crippen LogP contribution in [0.4, 0.5) is 0 Å². The maximum absolute atomic E-state index is 12.1. The van der Waals surface area contributed by atoms with Crippen molar-refractivity contribution in [3.05, 3.63) is 35.9 Å². The van der Waals surface area contributed by atoms with E-state index in [9.17, 15) is 9.59 Å². The van der Waals surface area contributed by atoms with Gasteiger partial charge in [-0.1, -0.05) is 83.4 Å². The molecule has 34 heavy (non-hydrogen) atoms. The standard InChI is InChI=1S/C29H47NO4/c1-4-6-7-8-9-10-11-12-13-14-15-16-17-18-19-20-28(31)30-24-25-21-22-26(27(23-25)33-3)34-29(32)5-2/h10-11,21-23H,4-9,12-20,24H2,1-3H3,(H,30,31).